The van der Waals surface area contributed by atoms with Crippen LogP contribution in [0.4, 0.5) is 0 Å². The van der Waals surface area contributed by atoms with E-state index < -0.39 is 17.8 Å². The number of aromatic amines is 1. The molecule has 1 atom stereocenters. The summed E-state index contributed by atoms with van der Waals surface area (Å²) in [6.07, 6.45) is 0.446. The van der Waals surface area contributed by atoms with Crippen LogP contribution in [-0.4, -0.2) is 28.5 Å². The highest BCUT2D eigenvalue weighted by molar-refractivity contribution is 6.41. The third kappa shape index (κ3) is 3.64. The number of H-pyrrole nitrogens is 1. The molecule has 5 nitrogen and oxygen atoms in total. The van der Waals surface area contributed by atoms with E-state index >= 15 is 0 Å². The number of nitrogens with one attached hydrogen (secondary N) is 2. The van der Waals surface area contributed by atoms with Crippen molar-refractivity contribution >= 4 is 35.1 Å². The molecular weight excluding hydrogens is 267 g/mol. The lowest BCUT2D eigenvalue weighted by Crippen LogP contribution is -2.32. The molecule has 1 unspecified atom stereocenters. The van der Waals surface area contributed by atoms with E-state index in [1.54, 1.807) is 6.92 Å². The molecule has 1 heterocycles. The zero-order valence-electron chi connectivity index (χ0n) is 9.09. The predicted octanol–water partition coefficient (Wildman–Crippen LogP) is 2.16. The van der Waals surface area contributed by atoms with E-state index in [0.717, 1.165) is 0 Å². The van der Waals surface area contributed by atoms with Crippen molar-refractivity contribution in [3.63, 3.8) is 0 Å². The molecule has 94 valence electrons. The first-order valence-corrected chi connectivity index (χ1v) is 5.76. The monoisotopic (exact) mass is 278 g/mol. The number of amides is 1. The number of rotatable bonds is 5. The van der Waals surface area contributed by atoms with E-state index in [1.807, 2.05) is 0 Å². The molecule has 1 aromatic heterocycles. The minimum absolute atomic E-state index is 0.0684. The highest BCUT2D eigenvalue weighted by Crippen LogP contribution is 2.21. The Morgan fingerprint density at radius 1 is 1.53 bits per heavy atom. The molecule has 3 N–H and O–H groups in total. The van der Waals surface area contributed by atoms with Crippen LogP contribution >= 0.6 is 23.2 Å². The van der Waals surface area contributed by atoms with Gasteiger partial charge in [0.05, 0.1) is 10.9 Å². The van der Waals surface area contributed by atoms with Gasteiger partial charge in [-0.25, -0.2) is 0 Å². The molecule has 0 aliphatic carbocycles. The molecule has 1 rings (SSSR count). The van der Waals surface area contributed by atoms with Gasteiger partial charge >= 0.3 is 5.97 Å². The molecule has 0 bridgehead atoms. The number of aliphatic carboxylic acids is 1. The average molecular weight is 279 g/mol. The molecule has 7 heteroatoms. The van der Waals surface area contributed by atoms with Gasteiger partial charge < -0.3 is 15.4 Å². The lowest BCUT2D eigenvalue weighted by Gasteiger charge is -2.10. The van der Waals surface area contributed by atoms with E-state index in [2.05, 4.69) is 10.3 Å². The summed E-state index contributed by atoms with van der Waals surface area (Å²) in [5.74, 6) is -1.96. The van der Waals surface area contributed by atoms with Crippen molar-refractivity contribution in [1.29, 1.82) is 0 Å². The summed E-state index contributed by atoms with van der Waals surface area (Å²) in [4.78, 5) is 24.9. The molecule has 0 radical (unpaired) electrons. The van der Waals surface area contributed by atoms with Crippen molar-refractivity contribution in [2.45, 2.75) is 13.3 Å². The summed E-state index contributed by atoms with van der Waals surface area (Å²) in [6, 6.07) is 1.39. The highest BCUT2D eigenvalue weighted by atomic mass is 35.5. The topological polar surface area (TPSA) is 82.2 Å². The highest BCUT2D eigenvalue weighted by Gasteiger charge is 2.17. The van der Waals surface area contributed by atoms with E-state index in [-0.39, 0.29) is 22.4 Å². The maximum absolute atomic E-state index is 11.6. The van der Waals surface area contributed by atoms with Gasteiger partial charge in [0.1, 0.15) is 10.8 Å². The van der Waals surface area contributed by atoms with Gasteiger partial charge in [0.25, 0.3) is 5.91 Å². The van der Waals surface area contributed by atoms with Crippen LogP contribution < -0.4 is 5.32 Å². The molecule has 0 spiro atoms. The predicted molar refractivity (Wildman–Crippen MR) is 64.6 cm³/mol. The summed E-state index contributed by atoms with van der Waals surface area (Å²) < 4.78 is 0. The zero-order chi connectivity index (χ0) is 13.0. The van der Waals surface area contributed by atoms with Gasteiger partial charge in [0.2, 0.25) is 0 Å². The number of carbonyl (C=O) groups is 2. The fraction of sp³-hybridized carbons (Fsp3) is 0.400. The van der Waals surface area contributed by atoms with Gasteiger partial charge in [-0.2, -0.15) is 0 Å². The SMILES string of the molecule is CCC(CNC(=O)c1cc(Cl)c(Cl)[nH]1)C(=O)O. The molecule has 1 amide bonds. The first-order valence-electron chi connectivity index (χ1n) is 5.00. The fourth-order valence-electron chi connectivity index (χ4n) is 1.24. The minimum Gasteiger partial charge on any atom is -0.481 e. The van der Waals surface area contributed by atoms with E-state index in [0.29, 0.717) is 6.42 Å². The van der Waals surface area contributed by atoms with E-state index in [1.165, 1.54) is 6.07 Å². The van der Waals surface area contributed by atoms with Crippen molar-refractivity contribution < 1.29 is 14.7 Å². The van der Waals surface area contributed by atoms with Crippen molar-refractivity contribution in [2.24, 2.45) is 5.92 Å². The standard InChI is InChI=1S/C10H12Cl2N2O3/c1-2-5(10(16)17)4-13-9(15)7-3-6(11)8(12)14-7/h3,5,14H,2,4H2,1H3,(H,13,15)(H,16,17). The maximum Gasteiger partial charge on any atom is 0.308 e. The Bertz CT molecular complexity index is 412. The van der Waals surface area contributed by atoms with Crippen LogP contribution in [0, 0.1) is 5.92 Å². The second-order valence-electron chi connectivity index (χ2n) is 3.50. The molecule has 0 fully saturated rings. The number of carboxylic acids is 1. The Morgan fingerprint density at radius 2 is 2.18 bits per heavy atom. The van der Waals surface area contributed by atoms with Crippen molar-refractivity contribution in [3.05, 3.63) is 21.9 Å². The normalized spacial score (nSPS) is 12.2. The van der Waals surface area contributed by atoms with Crippen LogP contribution in [0.1, 0.15) is 23.8 Å². The number of hydrogen-bond acceptors (Lipinski definition) is 2. The molecule has 0 saturated carbocycles. The van der Waals surface area contributed by atoms with Gasteiger partial charge in [0, 0.05) is 6.54 Å². The van der Waals surface area contributed by atoms with Crippen molar-refractivity contribution in [2.75, 3.05) is 6.54 Å². The van der Waals surface area contributed by atoms with Gasteiger partial charge in [-0.3, -0.25) is 9.59 Å². The third-order valence-electron chi connectivity index (χ3n) is 2.32. The number of hydrogen-bond donors (Lipinski definition) is 3. The van der Waals surface area contributed by atoms with Crippen LogP contribution in [0.3, 0.4) is 0 Å². The van der Waals surface area contributed by atoms with Crippen molar-refractivity contribution in [3.8, 4) is 0 Å². The molecule has 1 aromatic rings. The summed E-state index contributed by atoms with van der Waals surface area (Å²) in [5.41, 5.74) is 0.209. The zero-order valence-corrected chi connectivity index (χ0v) is 10.6. The lowest BCUT2D eigenvalue weighted by molar-refractivity contribution is -0.141. The fourth-order valence-corrected chi connectivity index (χ4v) is 1.56. The van der Waals surface area contributed by atoms with Crippen molar-refractivity contribution in [1.82, 2.24) is 10.3 Å². The number of carboxylic acid groups (broad SMARTS) is 1. The van der Waals surface area contributed by atoms with E-state index in [4.69, 9.17) is 28.3 Å². The van der Waals surface area contributed by atoms with E-state index in [9.17, 15) is 9.59 Å². The minimum atomic E-state index is -0.935. The summed E-state index contributed by atoms with van der Waals surface area (Å²) in [5, 5.41) is 11.7. The van der Waals surface area contributed by atoms with Gasteiger partial charge in [-0.05, 0) is 12.5 Å². The Balaban J connectivity index is 2.58. The third-order valence-corrected chi connectivity index (χ3v) is 3.01. The van der Waals surface area contributed by atoms with Crippen LogP contribution in [0.15, 0.2) is 6.07 Å². The van der Waals surface area contributed by atoms with Crippen LogP contribution in [0.2, 0.25) is 10.2 Å². The Kier molecular flexibility index (Phi) is 4.84. The molecule has 0 saturated heterocycles. The maximum atomic E-state index is 11.6. The second-order valence-corrected chi connectivity index (χ2v) is 4.28. The van der Waals surface area contributed by atoms with Gasteiger partial charge in [-0.15, -0.1) is 0 Å². The number of carbonyl (C=O) groups excluding carboxylic acids is 1. The van der Waals surface area contributed by atoms with Crippen LogP contribution in [0.5, 0.6) is 0 Å². The first-order chi connectivity index (χ1) is 7.95. The Hall–Kier alpha value is -1.20. The summed E-state index contributed by atoms with van der Waals surface area (Å²) >= 11 is 11.3. The number of halogens is 2. The average Bonchev–Trinajstić information content (AvgIpc) is 2.59. The summed E-state index contributed by atoms with van der Waals surface area (Å²) in [7, 11) is 0. The quantitative estimate of drug-likeness (QED) is 0.772. The Labute approximate surface area is 108 Å². The first kappa shape index (κ1) is 13.9. The Morgan fingerprint density at radius 3 is 2.59 bits per heavy atom. The second kappa shape index (κ2) is 5.93. The number of aromatic nitrogens is 1. The van der Waals surface area contributed by atoms with Crippen LogP contribution in [-0.2, 0) is 4.79 Å². The molecular formula is C10H12Cl2N2O3. The van der Waals surface area contributed by atoms with Gasteiger partial charge in [-0.1, -0.05) is 30.1 Å². The molecule has 0 aliphatic rings. The molecule has 0 aliphatic heterocycles. The van der Waals surface area contributed by atoms with Gasteiger partial charge in [0.15, 0.2) is 0 Å². The molecule has 0 aromatic carbocycles. The summed E-state index contributed by atoms with van der Waals surface area (Å²) in [6.45, 7) is 1.81. The largest absolute Gasteiger partial charge is 0.481 e. The lowest BCUT2D eigenvalue weighted by atomic mass is 10.1. The van der Waals surface area contributed by atoms with Crippen LogP contribution in [0.25, 0.3) is 0 Å². The smallest absolute Gasteiger partial charge is 0.308 e. The molecule has 17 heavy (non-hydrogen) atoms.